The van der Waals surface area contributed by atoms with E-state index in [-0.39, 0.29) is 12.2 Å². The van der Waals surface area contributed by atoms with Crippen LogP contribution in [0.25, 0.3) is 0 Å². The van der Waals surface area contributed by atoms with Gasteiger partial charge in [0.05, 0.1) is 25.4 Å². The summed E-state index contributed by atoms with van der Waals surface area (Å²) in [6.45, 7) is 4.79. The summed E-state index contributed by atoms with van der Waals surface area (Å²) in [7, 11) is 0. The first-order chi connectivity index (χ1) is 10.8. The Morgan fingerprint density at radius 3 is 1.57 bits per heavy atom. The van der Waals surface area contributed by atoms with Crippen LogP contribution >= 0.6 is 11.8 Å². The lowest BCUT2D eigenvalue weighted by molar-refractivity contribution is -0.139. The number of thioether (sulfide) groups is 1. The summed E-state index contributed by atoms with van der Waals surface area (Å²) in [6, 6.07) is 0. The summed E-state index contributed by atoms with van der Waals surface area (Å²) in [4.78, 5) is 23.5. The van der Waals surface area contributed by atoms with E-state index in [1.54, 1.807) is 13.8 Å². The van der Waals surface area contributed by atoms with Gasteiger partial charge in [0.15, 0.2) is 0 Å². The molecule has 0 aromatic heterocycles. The molecule has 2 N–H and O–H groups in total. The average molecular weight is 346 g/mol. The summed E-state index contributed by atoms with van der Waals surface area (Å²) in [5, 5.41) is 19.2. The van der Waals surface area contributed by atoms with Crippen molar-refractivity contribution in [1.82, 2.24) is 0 Å². The van der Waals surface area contributed by atoms with E-state index in [0.29, 0.717) is 12.8 Å². The van der Waals surface area contributed by atoms with Crippen molar-refractivity contribution < 1.29 is 29.3 Å². The van der Waals surface area contributed by atoms with Crippen molar-refractivity contribution in [1.29, 1.82) is 0 Å². The predicted octanol–water partition coefficient (Wildman–Crippen LogP) is 2.54. The molecule has 0 saturated carbocycles. The van der Waals surface area contributed by atoms with Crippen LogP contribution in [-0.4, -0.2) is 57.1 Å². The molecule has 0 radical (unpaired) electrons. The number of carboxylic acid groups (broad SMARTS) is 2. The third-order valence-electron chi connectivity index (χ3n) is 4.52. The third-order valence-corrected chi connectivity index (χ3v) is 6.18. The molecular formula is C16H26O6S. The average Bonchev–Trinajstić information content (AvgIpc) is 3.33. The molecule has 0 bridgehead atoms. The molecule has 2 heterocycles. The summed E-state index contributed by atoms with van der Waals surface area (Å²) in [6.07, 6.45) is 4.56. The maximum atomic E-state index is 11.7. The Morgan fingerprint density at radius 1 is 0.957 bits per heavy atom. The standard InChI is InChI=1S/C16H26O6S/c1-15(13(17)18,7-3-5-11-9-21-11)23-16(2,14(19)20)8-4-6-12-10-22-12/h11-12H,3-10H2,1-2H3,(H,17,18)(H,19,20). The zero-order chi connectivity index (χ0) is 17.1. The van der Waals surface area contributed by atoms with Crippen molar-refractivity contribution in [3.8, 4) is 0 Å². The van der Waals surface area contributed by atoms with Gasteiger partial charge in [0.25, 0.3) is 0 Å². The Balaban J connectivity index is 1.93. The number of hydrogen-bond acceptors (Lipinski definition) is 5. The van der Waals surface area contributed by atoms with Gasteiger partial charge in [-0.2, -0.15) is 0 Å². The van der Waals surface area contributed by atoms with Crippen molar-refractivity contribution in [3.63, 3.8) is 0 Å². The van der Waals surface area contributed by atoms with E-state index in [1.165, 1.54) is 0 Å². The maximum absolute atomic E-state index is 11.7. The summed E-state index contributed by atoms with van der Waals surface area (Å²) >= 11 is 1.07. The molecule has 0 aromatic rings. The lowest BCUT2D eigenvalue weighted by Gasteiger charge is -2.34. The largest absolute Gasteiger partial charge is 0.480 e. The van der Waals surface area contributed by atoms with Crippen LogP contribution in [0.4, 0.5) is 0 Å². The lowest BCUT2D eigenvalue weighted by atomic mass is 10.0. The fourth-order valence-electron chi connectivity index (χ4n) is 2.70. The van der Waals surface area contributed by atoms with Crippen LogP contribution in [-0.2, 0) is 19.1 Å². The number of ether oxygens (including phenoxy) is 2. The minimum absolute atomic E-state index is 0.266. The first-order valence-electron chi connectivity index (χ1n) is 8.15. The molecule has 6 nitrogen and oxygen atoms in total. The van der Waals surface area contributed by atoms with Crippen LogP contribution in [0.3, 0.4) is 0 Å². The molecule has 2 fully saturated rings. The quantitative estimate of drug-likeness (QED) is 0.524. The number of hydrogen-bond donors (Lipinski definition) is 2. The molecule has 2 aliphatic rings. The molecule has 0 amide bonds. The smallest absolute Gasteiger partial charge is 0.319 e. The lowest BCUT2D eigenvalue weighted by Crippen LogP contribution is -2.42. The van der Waals surface area contributed by atoms with Crippen molar-refractivity contribution in [2.24, 2.45) is 0 Å². The van der Waals surface area contributed by atoms with E-state index in [9.17, 15) is 19.8 Å². The Kier molecular flexibility index (Phi) is 5.97. The van der Waals surface area contributed by atoms with Crippen molar-refractivity contribution in [3.05, 3.63) is 0 Å². The van der Waals surface area contributed by atoms with E-state index in [1.807, 2.05) is 0 Å². The first kappa shape index (κ1) is 18.5. The van der Waals surface area contributed by atoms with E-state index < -0.39 is 21.4 Å². The third kappa shape index (κ3) is 5.65. The van der Waals surface area contributed by atoms with Gasteiger partial charge in [0.2, 0.25) is 0 Å². The van der Waals surface area contributed by atoms with Gasteiger partial charge in [0, 0.05) is 0 Å². The second-order valence-corrected chi connectivity index (χ2v) is 8.88. The number of epoxide rings is 2. The van der Waals surface area contributed by atoms with Crippen molar-refractivity contribution >= 4 is 23.7 Å². The summed E-state index contributed by atoms with van der Waals surface area (Å²) < 4.78 is 8.09. The monoisotopic (exact) mass is 346 g/mol. The Bertz CT molecular complexity index is 408. The highest BCUT2D eigenvalue weighted by Gasteiger charge is 2.45. The molecule has 7 heteroatoms. The van der Waals surface area contributed by atoms with Gasteiger partial charge in [-0.15, -0.1) is 11.8 Å². The fourth-order valence-corrected chi connectivity index (χ4v) is 4.37. The van der Waals surface area contributed by atoms with Gasteiger partial charge in [-0.25, -0.2) is 0 Å². The highest BCUT2D eigenvalue weighted by Crippen LogP contribution is 2.44. The topological polar surface area (TPSA) is 99.7 Å². The van der Waals surface area contributed by atoms with Gasteiger partial charge in [0.1, 0.15) is 9.49 Å². The van der Waals surface area contributed by atoms with Crippen LogP contribution < -0.4 is 0 Å². The highest BCUT2D eigenvalue weighted by molar-refractivity contribution is 8.03. The van der Waals surface area contributed by atoms with Gasteiger partial charge < -0.3 is 19.7 Å². The number of aliphatic carboxylic acids is 2. The second-order valence-electron chi connectivity index (χ2n) is 6.87. The number of carboxylic acids is 2. The van der Waals surface area contributed by atoms with Gasteiger partial charge >= 0.3 is 11.9 Å². The van der Waals surface area contributed by atoms with E-state index in [2.05, 4.69) is 0 Å². The predicted molar refractivity (Wildman–Crippen MR) is 86.9 cm³/mol. The highest BCUT2D eigenvalue weighted by atomic mass is 32.2. The van der Waals surface area contributed by atoms with E-state index in [4.69, 9.17) is 9.47 Å². The number of rotatable bonds is 12. The summed E-state index contributed by atoms with van der Waals surface area (Å²) in [5.74, 6) is -1.89. The van der Waals surface area contributed by atoms with Crippen molar-refractivity contribution in [2.75, 3.05) is 13.2 Å². The zero-order valence-corrected chi connectivity index (χ0v) is 14.6. The second kappa shape index (κ2) is 7.40. The fraction of sp³-hybridized carbons (Fsp3) is 0.875. The molecular weight excluding hydrogens is 320 g/mol. The van der Waals surface area contributed by atoms with Gasteiger partial charge in [-0.05, 0) is 52.4 Å². The normalized spacial score (nSPS) is 27.7. The Hall–Kier alpha value is -0.790. The van der Waals surface area contributed by atoms with Crippen LogP contribution in [0.1, 0.15) is 52.4 Å². The molecule has 0 aliphatic carbocycles. The first-order valence-corrected chi connectivity index (χ1v) is 8.97. The molecule has 0 spiro atoms. The number of carbonyl (C=O) groups is 2. The molecule has 132 valence electrons. The maximum Gasteiger partial charge on any atom is 0.319 e. The molecule has 2 rings (SSSR count). The van der Waals surface area contributed by atoms with Crippen LogP contribution in [0, 0.1) is 0 Å². The molecule has 23 heavy (non-hydrogen) atoms. The van der Waals surface area contributed by atoms with E-state index in [0.717, 1.165) is 50.7 Å². The van der Waals surface area contributed by atoms with E-state index >= 15 is 0 Å². The van der Waals surface area contributed by atoms with Gasteiger partial charge in [-0.3, -0.25) is 9.59 Å². The van der Waals surface area contributed by atoms with Gasteiger partial charge in [-0.1, -0.05) is 0 Å². The zero-order valence-electron chi connectivity index (χ0n) is 13.7. The minimum atomic E-state index is -1.10. The molecule has 0 aromatic carbocycles. The van der Waals surface area contributed by atoms with Crippen LogP contribution in [0.15, 0.2) is 0 Å². The Labute approximate surface area is 140 Å². The molecule has 4 unspecified atom stereocenters. The molecule has 2 saturated heterocycles. The molecule has 4 atom stereocenters. The minimum Gasteiger partial charge on any atom is -0.480 e. The van der Waals surface area contributed by atoms with Crippen LogP contribution in [0.5, 0.6) is 0 Å². The SMILES string of the molecule is CC(CCCC1CO1)(SC(C)(CCCC1CO1)C(=O)O)C(=O)O. The van der Waals surface area contributed by atoms with Crippen LogP contribution in [0.2, 0.25) is 0 Å². The molecule has 2 aliphatic heterocycles. The summed E-state index contributed by atoms with van der Waals surface area (Å²) in [5.41, 5.74) is 0. The Morgan fingerprint density at radius 2 is 1.30 bits per heavy atom. The van der Waals surface area contributed by atoms with Crippen molar-refractivity contribution in [2.45, 2.75) is 74.1 Å².